The second-order valence-corrected chi connectivity index (χ2v) is 6.46. The number of para-hydroxylation sites is 1. The van der Waals surface area contributed by atoms with Gasteiger partial charge in [0, 0.05) is 13.1 Å². The summed E-state index contributed by atoms with van der Waals surface area (Å²) in [5, 5.41) is 0.894. The van der Waals surface area contributed by atoms with E-state index in [1.54, 1.807) is 23.1 Å². The Morgan fingerprint density at radius 1 is 1.29 bits per heavy atom. The first-order valence-electron chi connectivity index (χ1n) is 8.07. The fourth-order valence-corrected chi connectivity index (χ4v) is 3.13. The number of thioether (sulfide) groups is 1. The largest absolute Gasteiger partial charge is 0.406 e. The summed E-state index contributed by atoms with van der Waals surface area (Å²) in [5.74, 6) is 0.233. The van der Waals surface area contributed by atoms with E-state index in [1.807, 2.05) is 33.8 Å². The second-order valence-electron chi connectivity index (χ2n) is 5.52. The highest BCUT2D eigenvalue weighted by molar-refractivity contribution is 7.99. The van der Waals surface area contributed by atoms with Gasteiger partial charge in [-0.1, -0.05) is 23.9 Å². The summed E-state index contributed by atoms with van der Waals surface area (Å²) in [7, 11) is 0. The molecule has 2 aromatic rings. The van der Waals surface area contributed by atoms with Gasteiger partial charge in [0.15, 0.2) is 0 Å². The van der Waals surface area contributed by atoms with E-state index in [4.69, 9.17) is 4.84 Å². The quantitative estimate of drug-likeness (QED) is 0.566. The Bertz CT molecular complexity index is 769. The molecule has 0 N–H and O–H groups in total. The predicted molar refractivity (Wildman–Crippen MR) is 96.4 cm³/mol. The molecule has 1 heterocycles. The van der Waals surface area contributed by atoms with Crippen molar-refractivity contribution >= 4 is 28.6 Å². The summed E-state index contributed by atoms with van der Waals surface area (Å²) >= 11 is 1.22. The number of benzene rings is 1. The van der Waals surface area contributed by atoms with Crippen molar-refractivity contribution in [3.8, 4) is 0 Å². The van der Waals surface area contributed by atoms with Gasteiger partial charge in [0.25, 0.3) is 5.56 Å². The molecule has 0 spiro atoms. The third-order valence-electron chi connectivity index (χ3n) is 3.47. The molecule has 0 aliphatic heterocycles. The maximum atomic E-state index is 12.7. The molecule has 7 heteroatoms. The van der Waals surface area contributed by atoms with Crippen molar-refractivity contribution in [1.82, 2.24) is 14.6 Å². The molecule has 0 bridgehead atoms. The van der Waals surface area contributed by atoms with Gasteiger partial charge in [-0.15, -0.1) is 4.73 Å². The first-order chi connectivity index (χ1) is 11.5. The fraction of sp³-hybridized carbons (Fsp3) is 0.471. The molecule has 24 heavy (non-hydrogen) atoms. The molecule has 0 unspecified atom stereocenters. The Balaban J connectivity index is 2.37. The molecule has 0 atom stereocenters. The average molecular weight is 349 g/mol. The van der Waals surface area contributed by atoms with E-state index in [1.165, 1.54) is 16.5 Å². The van der Waals surface area contributed by atoms with Crippen LogP contribution in [0, 0.1) is 0 Å². The summed E-state index contributed by atoms with van der Waals surface area (Å²) in [6.45, 7) is 8.90. The van der Waals surface area contributed by atoms with Gasteiger partial charge in [0.1, 0.15) is 6.10 Å². The molecule has 0 aliphatic carbocycles. The predicted octanol–water partition coefficient (Wildman–Crippen LogP) is 2.19. The molecule has 130 valence electrons. The van der Waals surface area contributed by atoms with Gasteiger partial charge in [-0.25, -0.2) is 4.98 Å². The second kappa shape index (κ2) is 8.19. The zero-order chi connectivity index (χ0) is 17.7. The number of carbonyl (C=O) groups is 1. The maximum Gasteiger partial charge on any atom is 0.295 e. The van der Waals surface area contributed by atoms with Crippen LogP contribution in [0.1, 0.15) is 27.7 Å². The van der Waals surface area contributed by atoms with Gasteiger partial charge < -0.3 is 9.74 Å². The van der Waals surface area contributed by atoms with Gasteiger partial charge >= 0.3 is 0 Å². The topological polar surface area (TPSA) is 64.4 Å². The number of nitrogens with zero attached hydrogens (tertiary/aromatic N) is 3. The number of carbonyl (C=O) groups excluding carboxylic acids is 1. The summed E-state index contributed by atoms with van der Waals surface area (Å²) in [4.78, 5) is 36.8. The van der Waals surface area contributed by atoms with Crippen LogP contribution in [-0.2, 0) is 4.79 Å². The van der Waals surface area contributed by atoms with Crippen molar-refractivity contribution in [2.45, 2.75) is 39.0 Å². The van der Waals surface area contributed by atoms with Crippen LogP contribution in [0.3, 0.4) is 0 Å². The summed E-state index contributed by atoms with van der Waals surface area (Å²) in [6.07, 6.45) is -0.177. The Morgan fingerprint density at radius 3 is 2.58 bits per heavy atom. The average Bonchev–Trinajstić information content (AvgIpc) is 2.56. The van der Waals surface area contributed by atoms with Crippen LogP contribution >= 0.6 is 11.8 Å². The lowest BCUT2D eigenvalue weighted by atomic mass is 10.2. The van der Waals surface area contributed by atoms with Gasteiger partial charge in [-0.3, -0.25) is 9.59 Å². The lowest BCUT2D eigenvalue weighted by Crippen LogP contribution is -2.34. The number of fused-ring (bicyclic) bond motifs is 1. The van der Waals surface area contributed by atoms with Gasteiger partial charge in [-0.2, -0.15) is 0 Å². The van der Waals surface area contributed by atoms with Crippen LogP contribution in [0.2, 0.25) is 0 Å². The number of amides is 1. The summed E-state index contributed by atoms with van der Waals surface area (Å²) in [6, 6.07) is 7.13. The minimum atomic E-state index is -0.257. The van der Waals surface area contributed by atoms with Crippen LogP contribution in [0.5, 0.6) is 0 Å². The molecule has 0 saturated heterocycles. The van der Waals surface area contributed by atoms with E-state index in [-0.39, 0.29) is 23.3 Å². The molecule has 0 radical (unpaired) electrons. The van der Waals surface area contributed by atoms with Gasteiger partial charge in [-0.05, 0) is 39.8 Å². The molecular formula is C17H23N3O3S. The highest BCUT2D eigenvalue weighted by Gasteiger charge is 2.17. The first kappa shape index (κ1) is 18.3. The van der Waals surface area contributed by atoms with Crippen molar-refractivity contribution in [3.63, 3.8) is 0 Å². The Hall–Kier alpha value is -2.02. The summed E-state index contributed by atoms with van der Waals surface area (Å²) in [5.41, 5.74) is 0.344. The number of aromatic nitrogens is 2. The van der Waals surface area contributed by atoms with Crippen molar-refractivity contribution in [1.29, 1.82) is 0 Å². The monoisotopic (exact) mass is 349 g/mol. The molecule has 1 amide bonds. The van der Waals surface area contributed by atoms with Crippen LogP contribution in [0.15, 0.2) is 34.2 Å². The Kier molecular flexibility index (Phi) is 6.25. The molecule has 0 aliphatic rings. The molecule has 1 aromatic heterocycles. The number of rotatable bonds is 7. The lowest BCUT2D eigenvalue weighted by molar-refractivity contribution is -0.127. The van der Waals surface area contributed by atoms with Crippen molar-refractivity contribution in [2.24, 2.45) is 0 Å². The highest BCUT2D eigenvalue weighted by Crippen LogP contribution is 2.18. The SMILES string of the molecule is CCN(CC)C(=O)CSc1nc2ccccc2c(=O)n1OC(C)C. The molecular weight excluding hydrogens is 326 g/mol. The van der Waals surface area contributed by atoms with E-state index in [2.05, 4.69) is 4.98 Å². The van der Waals surface area contributed by atoms with E-state index < -0.39 is 0 Å². The molecule has 0 fully saturated rings. The maximum absolute atomic E-state index is 12.7. The standard InChI is InChI=1S/C17H23N3O3S/c1-5-19(6-2)15(21)11-24-17-18-14-10-8-7-9-13(14)16(22)20(17)23-12(3)4/h7-10,12H,5-6,11H2,1-4H3. The molecule has 6 nitrogen and oxygen atoms in total. The minimum absolute atomic E-state index is 0.0171. The van der Waals surface area contributed by atoms with Crippen molar-refractivity contribution < 1.29 is 9.63 Å². The third-order valence-corrected chi connectivity index (χ3v) is 4.37. The van der Waals surface area contributed by atoms with Gasteiger partial charge in [0.05, 0.1) is 16.7 Å². The third kappa shape index (κ3) is 4.08. The smallest absolute Gasteiger partial charge is 0.295 e. The van der Waals surface area contributed by atoms with Crippen LogP contribution < -0.4 is 10.4 Å². The van der Waals surface area contributed by atoms with E-state index in [0.717, 1.165) is 0 Å². The Morgan fingerprint density at radius 2 is 1.96 bits per heavy atom. The normalized spacial score (nSPS) is 11.0. The number of hydrogen-bond donors (Lipinski definition) is 0. The van der Waals surface area contributed by atoms with E-state index >= 15 is 0 Å². The highest BCUT2D eigenvalue weighted by atomic mass is 32.2. The summed E-state index contributed by atoms with van der Waals surface area (Å²) < 4.78 is 1.20. The van der Waals surface area contributed by atoms with E-state index in [9.17, 15) is 9.59 Å². The van der Waals surface area contributed by atoms with Crippen LogP contribution in [0.4, 0.5) is 0 Å². The first-order valence-corrected chi connectivity index (χ1v) is 9.06. The zero-order valence-electron chi connectivity index (χ0n) is 14.5. The lowest BCUT2D eigenvalue weighted by Gasteiger charge is -2.19. The molecule has 0 saturated carbocycles. The van der Waals surface area contributed by atoms with Crippen LogP contribution in [-0.4, -0.2) is 45.5 Å². The fourth-order valence-electron chi connectivity index (χ4n) is 2.29. The molecule has 2 rings (SSSR count). The Labute approximate surface area is 145 Å². The van der Waals surface area contributed by atoms with Crippen LogP contribution in [0.25, 0.3) is 10.9 Å². The number of hydrogen-bond acceptors (Lipinski definition) is 5. The van der Waals surface area contributed by atoms with Crippen molar-refractivity contribution in [2.75, 3.05) is 18.8 Å². The zero-order valence-corrected chi connectivity index (χ0v) is 15.3. The van der Waals surface area contributed by atoms with E-state index in [0.29, 0.717) is 29.1 Å². The van der Waals surface area contributed by atoms with Crippen molar-refractivity contribution in [3.05, 3.63) is 34.6 Å². The van der Waals surface area contributed by atoms with Gasteiger partial charge in [0.2, 0.25) is 11.1 Å². The minimum Gasteiger partial charge on any atom is -0.406 e. The molecule has 1 aromatic carbocycles.